The van der Waals surface area contributed by atoms with Gasteiger partial charge in [-0.25, -0.2) is 0 Å². The highest BCUT2D eigenvalue weighted by molar-refractivity contribution is 5.99. The van der Waals surface area contributed by atoms with Crippen molar-refractivity contribution in [2.24, 2.45) is 0 Å². The smallest absolute Gasteiger partial charge is 0.481 e. The van der Waals surface area contributed by atoms with E-state index in [2.05, 4.69) is 16.6 Å². The van der Waals surface area contributed by atoms with Gasteiger partial charge in [-0.3, -0.25) is 4.79 Å². The number of hydrogen-bond acceptors (Lipinski definition) is 3. The van der Waals surface area contributed by atoms with Crippen molar-refractivity contribution in [2.45, 2.75) is 26.4 Å². The summed E-state index contributed by atoms with van der Waals surface area (Å²) in [4.78, 5) is 11.0. The summed E-state index contributed by atoms with van der Waals surface area (Å²) in [7, 11) is 1.57. The highest BCUT2D eigenvalue weighted by atomic mass is 27.1. The Morgan fingerprint density at radius 3 is 2.58 bits per heavy atom. The number of carbonyl (C=O) groups excluding carboxylic acids is 1. The summed E-state index contributed by atoms with van der Waals surface area (Å²) < 4.78 is 9.90. The third kappa shape index (κ3) is 3.91. The number of ketones is 1. The van der Waals surface area contributed by atoms with Crippen LogP contribution in [0.3, 0.4) is 0 Å². The van der Waals surface area contributed by atoms with E-state index in [1.54, 1.807) is 14.0 Å². The first-order valence-electron chi connectivity index (χ1n) is 3.79. The average molecular weight is 184 g/mol. The van der Waals surface area contributed by atoms with Gasteiger partial charge in [-0.1, -0.05) is 6.92 Å². The predicted molar refractivity (Wildman–Crippen MR) is 46.7 cm³/mol. The summed E-state index contributed by atoms with van der Waals surface area (Å²) in [5, 5.41) is 0. The van der Waals surface area contributed by atoms with E-state index in [0.717, 1.165) is 0 Å². The number of ether oxygens (including phenoxy) is 1. The lowest BCUT2D eigenvalue weighted by atomic mass is 10.2. The lowest BCUT2D eigenvalue weighted by molar-refractivity contribution is -0.114. The Hall–Kier alpha value is -0.298. The first-order valence-corrected chi connectivity index (χ1v) is 4.26. The molecular formula is C8H13AlO3. The highest BCUT2D eigenvalue weighted by Crippen LogP contribution is 2.06. The van der Waals surface area contributed by atoms with E-state index < -0.39 is 0 Å². The zero-order chi connectivity index (χ0) is 9.56. The molecule has 1 atom stereocenters. The molecule has 0 N–H and O–H groups in total. The summed E-state index contributed by atoms with van der Waals surface area (Å²) >= 11 is 2.10. The molecule has 0 aliphatic rings. The molecular weight excluding hydrogens is 171 g/mol. The molecule has 3 nitrogen and oxygen atoms in total. The van der Waals surface area contributed by atoms with E-state index in [9.17, 15) is 4.79 Å². The minimum absolute atomic E-state index is 0.0383. The van der Waals surface area contributed by atoms with E-state index >= 15 is 0 Å². The number of rotatable bonds is 5. The third-order valence-corrected chi connectivity index (χ3v) is 1.81. The minimum atomic E-state index is -0.182. The molecule has 0 amide bonds. The molecule has 0 heterocycles. The van der Waals surface area contributed by atoms with E-state index in [-0.39, 0.29) is 11.9 Å². The van der Waals surface area contributed by atoms with Gasteiger partial charge in [0.15, 0.2) is 5.78 Å². The van der Waals surface area contributed by atoms with Gasteiger partial charge < -0.3 is 8.53 Å². The van der Waals surface area contributed by atoms with Crippen LogP contribution in [0.1, 0.15) is 20.3 Å². The van der Waals surface area contributed by atoms with Gasteiger partial charge in [-0.05, 0) is 6.92 Å². The van der Waals surface area contributed by atoms with Crippen LogP contribution in [0.5, 0.6) is 0 Å². The summed E-state index contributed by atoms with van der Waals surface area (Å²) in [5.41, 5.74) is 0. The molecule has 0 rings (SSSR count). The Bertz CT molecular complexity index is 177. The number of carbonyl (C=O) groups is 1. The second-order valence-corrected chi connectivity index (χ2v) is 2.60. The van der Waals surface area contributed by atoms with Crippen molar-refractivity contribution in [1.82, 2.24) is 0 Å². The molecule has 0 aliphatic carbocycles. The van der Waals surface area contributed by atoms with Crippen molar-refractivity contribution in [1.29, 1.82) is 0 Å². The van der Waals surface area contributed by atoms with E-state index in [4.69, 9.17) is 8.53 Å². The van der Waals surface area contributed by atoms with Gasteiger partial charge in [0.05, 0.1) is 5.76 Å². The molecule has 0 aliphatic heterocycles. The zero-order valence-corrected chi connectivity index (χ0v) is 8.82. The Labute approximate surface area is 81.5 Å². The number of hydrogen-bond donors (Lipinski definition) is 0. The largest absolute Gasteiger partial charge is 0.655 e. The van der Waals surface area contributed by atoms with Crippen LogP contribution in [0.15, 0.2) is 11.8 Å². The zero-order valence-electron chi connectivity index (χ0n) is 7.66. The number of allylic oxidation sites excluding steroid dienone is 1. The van der Waals surface area contributed by atoms with Crippen LogP contribution in [0.2, 0.25) is 0 Å². The molecule has 4 heteroatoms. The predicted octanol–water partition coefficient (Wildman–Crippen LogP) is 0.984. The van der Waals surface area contributed by atoms with E-state index in [1.165, 1.54) is 6.08 Å². The second kappa shape index (κ2) is 6.24. The molecule has 0 bridgehead atoms. The van der Waals surface area contributed by atoms with Crippen molar-refractivity contribution < 1.29 is 13.3 Å². The molecule has 0 aromatic rings. The van der Waals surface area contributed by atoms with Crippen molar-refractivity contribution >= 4 is 22.4 Å². The van der Waals surface area contributed by atoms with Crippen molar-refractivity contribution in [3.63, 3.8) is 0 Å². The lowest BCUT2D eigenvalue weighted by Gasteiger charge is -2.14. The molecule has 0 fully saturated rings. The van der Waals surface area contributed by atoms with Crippen LogP contribution < -0.4 is 0 Å². The molecule has 0 spiro atoms. The monoisotopic (exact) mass is 184 g/mol. The van der Waals surface area contributed by atoms with Crippen molar-refractivity contribution in [3.05, 3.63) is 11.8 Å². The first kappa shape index (κ1) is 11.7. The van der Waals surface area contributed by atoms with Gasteiger partial charge in [0, 0.05) is 19.6 Å². The molecule has 2 radical (unpaired) electrons. The summed E-state index contributed by atoms with van der Waals surface area (Å²) in [6, 6.07) is 0. The standard InChI is InChI=1S/C8H14O3.Al/c1-4-7(9)5-8(10)6(2)11-3;/h5-6,10H,4H2,1-3H3;/q;+1/p-1/b8-5-;. The van der Waals surface area contributed by atoms with Gasteiger partial charge in [-0.2, -0.15) is 0 Å². The molecule has 66 valence electrons. The second-order valence-electron chi connectivity index (χ2n) is 2.36. The summed E-state index contributed by atoms with van der Waals surface area (Å²) in [6.45, 7) is 3.62. The minimum Gasteiger partial charge on any atom is -0.655 e. The maximum absolute atomic E-state index is 11.0. The molecule has 0 aromatic carbocycles. The summed E-state index contributed by atoms with van der Waals surface area (Å²) in [5.74, 6) is 0.575. The lowest BCUT2D eigenvalue weighted by Crippen LogP contribution is -2.12. The fourth-order valence-corrected chi connectivity index (χ4v) is 0.884. The van der Waals surface area contributed by atoms with Crippen LogP contribution in [0.25, 0.3) is 0 Å². The fraction of sp³-hybridized carbons (Fsp3) is 0.625. The van der Waals surface area contributed by atoms with E-state index in [1.807, 2.05) is 6.92 Å². The quantitative estimate of drug-likeness (QED) is 0.363. The maximum Gasteiger partial charge on any atom is 0.481 e. The number of methoxy groups -OCH3 is 1. The van der Waals surface area contributed by atoms with Gasteiger partial charge in [0.25, 0.3) is 0 Å². The molecule has 0 saturated heterocycles. The van der Waals surface area contributed by atoms with Crippen molar-refractivity contribution in [3.8, 4) is 0 Å². The molecule has 0 saturated carbocycles. The van der Waals surface area contributed by atoms with Gasteiger partial charge >= 0.3 is 16.6 Å². The SMILES string of the molecule is CCC(=O)/C=C(\[O][Al])C(C)OC. The summed E-state index contributed by atoms with van der Waals surface area (Å²) in [6.07, 6.45) is 1.76. The van der Waals surface area contributed by atoms with E-state index in [0.29, 0.717) is 12.2 Å². The van der Waals surface area contributed by atoms with Crippen LogP contribution in [0.4, 0.5) is 0 Å². The highest BCUT2D eigenvalue weighted by Gasteiger charge is 2.07. The maximum atomic E-state index is 11.0. The Kier molecular flexibility index (Phi) is 6.09. The van der Waals surface area contributed by atoms with Gasteiger partial charge in [0.2, 0.25) is 0 Å². The molecule has 1 unspecified atom stereocenters. The van der Waals surface area contributed by atoms with Crippen LogP contribution in [-0.4, -0.2) is 35.6 Å². The molecule has 0 aromatic heterocycles. The molecule has 12 heavy (non-hydrogen) atoms. The van der Waals surface area contributed by atoms with Gasteiger partial charge in [0.1, 0.15) is 6.10 Å². The van der Waals surface area contributed by atoms with Crippen LogP contribution in [-0.2, 0) is 13.3 Å². The Balaban J connectivity index is 4.31. The van der Waals surface area contributed by atoms with Gasteiger partial charge in [-0.15, -0.1) is 0 Å². The Morgan fingerprint density at radius 1 is 1.67 bits per heavy atom. The topological polar surface area (TPSA) is 35.5 Å². The Morgan fingerprint density at radius 2 is 2.25 bits per heavy atom. The normalized spacial score (nSPS) is 14.1. The average Bonchev–Trinajstić information content (AvgIpc) is 2.12. The fourth-order valence-electron chi connectivity index (χ4n) is 0.624. The first-order chi connectivity index (χ1) is 5.65. The van der Waals surface area contributed by atoms with Crippen molar-refractivity contribution in [2.75, 3.05) is 7.11 Å². The van der Waals surface area contributed by atoms with Crippen LogP contribution in [0, 0.1) is 0 Å². The third-order valence-electron chi connectivity index (χ3n) is 1.54. The van der Waals surface area contributed by atoms with Crippen LogP contribution >= 0.6 is 0 Å².